The lowest BCUT2D eigenvalue weighted by atomic mass is 10.3. The topological polar surface area (TPSA) is 18.5 Å². The third kappa shape index (κ3) is 0.932. The van der Waals surface area contributed by atoms with E-state index in [9.17, 15) is 0 Å². The van der Waals surface area contributed by atoms with Gasteiger partial charge in [0.1, 0.15) is 0 Å². The summed E-state index contributed by atoms with van der Waals surface area (Å²) < 4.78 is 10.7. The Balaban J connectivity index is 2.48. The fraction of sp³-hybridized carbons (Fsp3) is 1.00. The quantitative estimate of drug-likeness (QED) is 0.550. The van der Waals surface area contributed by atoms with Crippen molar-refractivity contribution in [3.8, 4) is 0 Å². The van der Waals surface area contributed by atoms with E-state index >= 15 is 0 Å². The average Bonchev–Trinajstić information content (AvgIpc) is 1.89. The second-order valence-electron chi connectivity index (χ2n) is 2.66. The molecule has 0 N–H and O–H groups in total. The molecular formula is C6H14O2Si. The van der Waals surface area contributed by atoms with Crippen molar-refractivity contribution in [1.82, 2.24) is 0 Å². The highest BCUT2D eigenvalue weighted by molar-refractivity contribution is 6.71. The fourth-order valence-electron chi connectivity index (χ4n) is 1.36. The Bertz CT molecular complexity index is 95.7. The molecule has 0 bridgehead atoms. The Kier molecular flexibility index (Phi) is 1.93. The molecule has 1 rings (SSSR count). The van der Waals surface area contributed by atoms with Crippen LogP contribution in [0.1, 0.15) is 13.3 Å². The summed E-state index contributed by atoms with van der Waals surface area (Å²) in [5, 5.41) is 0. The van der Waals surface area contributed by atoms with Gasteiger partial charge in [-0.25, -0.2) is 0 Å². The molecule has 1 unspecified atom stereocenters. The third-order valence-corrected chi connectivity index (χ3v) is 6.53. The molecule has 1 saturated heterocycles. The monoisotopic (exact) mass is 146 g/mol. The summed E-state index contributed by atoms with van der Waals surface area (Å²) in [5.41, 5.74) is 0.701. The summed E-state index contributed by atoms with van der Waals surface area (Å²) in [6, 6.07) is 1.18. The van der Waals surface area contributed by atoms with Crippen LogP contribution in [-0.4, -0.2) is 22.8 Å². The zero-order valence-corrected chi connectivity index (χ0v) is 7.31. The first kappa shape index (κ1) is 7.25. The van der Waals surface area contributed by atoms with Crippen LogP contribution < -0.4 is 0 Å². The molecule has 3 heteroatoms. The Morgan fingerprint density at radius 3 is 1.89 bits per heavy atom. The van der Waals surface area contributed by atoms with E-state index in [0.717, 1.165) is 0 Å². The maximum atomic E-state index is 5.35. The lowest BCUT2D eigenvalue weighted by Gasteiger charge is -2.41. The second kappa shape index (κ2) is 2.40. The van der Waals surface area contributed by atoms with Crippen molar-refractivity contribution < 1.29 is 8.85 Å². The molecule has 2 nitrogen and oxygen atoms in total. The van der Waals surface area contributed by atoms with Gasteiger partial charge in [-0.05, 0) is 18.0 Å². The molecule has 1 heterocycles. The highest BCUT2D eigenvalue weighted by Gasteiger charge is 2.49. The first-order valence-corrected chi connectivity index (χ1v) is 5.45. The van der Waals surface area contributed by atoms with E-state index in [1.165, 1.54) is 12.5 Å². The van der Waals surface area contributed by atoms with Crippen LogP contribution in [0, 0.1) is 0 Å². The van der Waals surface area contributed by atoms with Crippen LogP contribution in [0.15, 0.2) is 0 Å². The van der Waals surface area contributed by atoms with Crippen molar-refractivity contribution in [3.05, 3.63) is 0 Å². The normalized spacial score (nSPS) is 31.7. The SMILES string of the molecule is CO[Si]1(OC)CCC1C. The highest BCUT2D eigenvalue weighted by atomic mass is 28.4. The minimum Gasteiger partial charge on any atom is -0.397 e. The van der Waals surface area contributed by atoms with Crippen LogP contribution in [0.4, 0.5) is 0 Å². The van der Waals surface area contributed by atoms with Gasteiger partial charge in [-0.2, -0.15) is 0 Å². The van der Waals surface area contributed by atoms with E-state index in [-0.39, 0.29) is 0 Å². The van der Waals surface area contributed by atoms with Crippen molar-refractivity contribution in [2.75, 3.05) is 14.2 Å². The highest BCUT2D eigenvalue weighted by Crippen LogP contribution is 2.42. The Morgan fingerprint density at radius 2 is 1.89 bits per heavy atom. The number of hydrogen-bond acceptors (Lipinski definition) is 2. The predicted molar refractivity (Wildman–Crippen MR) is 38.6 cm³/mol. The molecule has 9 heavy (non-hydrogen) atoms. The zero-order chi connectivity index (χ0) is 6.91. The van der Waals surface area contributed by atoms with E-state index in [0.29, 0.717) is 5.54 Å². The molecular weight excluding hydrogens is 132 g/mol. The summed E-state index contributed by atoms with van der Waals surface area (Å²) in [5.74, 6) is 0. The molecule has 1 aliphatic rings. The minimum atomic E-state index is -1.59. The Morgan fingerprint density at radius 1 is 1.33 bits per heavy atom. The molecule has 0 aromatic carbocycles. The lowest BCUT2D eigenvalue weighted by Crippen LogP contribution is -2.51. The smallest absolute Gasteiger partial charge is 0.340 e. The Labute approximate surface area is 57.4 Å². The molecule has 0 aromatic rings. The van der Waals surface area contributed by atoms with E-state index in [1.807, 2.05) is 0 Å². The van der Waals surface area contributed by atoms with Crippen LogP contribution in [0.25, 0.3) is 0 Å². The van der Waals surface area contributed by atoms with Crippen LogP contribution in [-0.2, 0) is 8.85 Å². The molecule has 1 aliphatic heterocycles. The van der Waals surface area contributed by atoms with Gasteiger partial charge < -0.3 is 8.85 Å². The van der Waals surface area contributed by atoms with E-state index < -0.39 is 8.56 Å². The van der Waals surface area contributed by atoms with Crippen molar-refractivity contribution in [1.29, 1.82) is 0 Å². The maximum Gasteiger partial charge on any atom is 0.340 e. The molecule has 54 valence electrons. The van der Waals surface area contributed by atoms with Gasteiger partial charge in [0.25, 0.3) is 0 Å². The van der Waals surface area contributed by atoms with Crippen LogP contribution >= 0.6 is 0 Å². The van der Waals surface area contributed by atoms with E-state index in [1.54, 1.807) is 14.2 Å². The summed E-state index contributed by atoms with van der Waals surface area (Å²) in [7, 11) is 1.94. The van der Waals surface area contributed by atoms with E-state index in [2.05, 4.69) is 6.92 Å². The summed E-state index contributed by atoms with van der Waals surface area (Å²) in [4.78, 5) is 0. The average molecular weight is 146 g/mol. The summed E-state index contributed by atoms with van der Waals surface area (Å²) in [6.45, 7) is 2.21. The van der Waals surface area contributed by atoms with E-state index in [4.69, 9.17) is 8.85 Å². The van der Waals surface area contributed by atoms with Gasteiger partial charge in [0.05, 0.1) is 0 Å². The maximum absolute atomic E-state index is 5.35. The van der Waals surface area contributed by atoms with Gasteiger partial charge in [0.2, 0.25) is 0 Å². The van der Waals surface area contributed by atoms with Gasteiger partial charge in [-0.15, -0.1) is 0 Å². The van der Waals surface area contributed by atoms with Crippen molar-refractivity contribution in [2.24, 2.45) is 0 Å². The van der Waals surface area contributed by atoms with Crippen molar-refractivity contribution >= 4 is 8.56 Å². The second-order valence-corrected chi connectivity index (χ2v) is 6.59. The lowest BCUT2D eigenvalue weighted by molar-refractivity contribution is 0.206. The fourth-order valence-corrected chi connectivity index (χ4v) is 4.08. The predicted octanol–water partition coefficient (Wildman–Crippen LogP) is 1.52. The molecule has 0 aromatic heterocycles. The summed E-state index contributed by atoms with van der Waals surface area (Å²) in [6.07, 6.45) is 1.29. The Hall–Kier alpha value is 0.137. The van der Waals surface area contributed by atoms with Crippen LogP contribution in [0.5, 0.6) is 0 Å². The number of hydrogen-bond donors (Lipinski definition) is 0. The standard InChI is InChI=1S/C6H14O2Si/c1-6-4-5-9(6,7-2)8-3/h6H,4-5H2,1-3H3. The van der Waals surface area contributed by atoms with Gasteiger partial charge in [-0.3, -0.25) is 0 Å². The van der Waals surface area contributed by atoms with Crippen molar-refractivity contribution in [3.63, 3.8) is 0 Å². The van der Waals surface area contributed by atoms with Crippen LogP contribution in [0.3, 0.4) is 0 Å². The van der Waals surface area contributed by atoms with Crippen LogP contribution in [0.2, 0.25) is 11.6 Å². The molecule has 0 spiro atoms. The zero-order valence-electron chi connectivity index (χ0n) is 6.31. The molecule has 1 atom stereocenters. The largest absolute Gasteiger partial charge is 0.397 e. The van der Waals surface area contributed by atoms with Gasteiger partial charge in [0, 0.05) is 14.2 Å². The first-order chi connectivity index (χ1) is 4.25. The molecule has 0 radical (unpaired) electrons. The van der Waals surface area contributed by atoms with Crippen molar-refractivity contribution in [2.45, 2.75) is 24.9 Å². The molecule has 0 saturated carbocycles. The first-order valence-electron chi connectivity index (χ1n) is 3.35. The summed E-state index contributed by atoms with van der Waals surface area (Å²) >= 11 is 0. The van der Waals surface area contributed by atoms with Gasteiger partial charge in [0.15, 0.2) is 0 Å². The minimum absolute atomic E-state index is 0.701. The van der Waals surface area contributed by atoms with Gasteiger partial charge >= 0.3 is 8.56 Å². The molecule has 0 aliphatic carbocycles. The van der Waals surface area contributed by atoms with Gasteiger partial charge in [-0.1, -0.05) is 6.92 Å². The molecule has 0 amide bonds. The number of rotatable bonds is 2. The third-order valence-electron chi connectivity index (χ3n) is 2.37. The molecule has 1 fully saturated rings.